The molecule has 6 heteroatoms. The van der Waals surface area contributed by atoms with Crippen molar-refractivity contribution in [3.8, 4) is 0 Å². The monoisotopic (exact) mass is 883 g/mol. The Morgan fingerprint density at radius 3 is 1.06 bits per heavy atom. The summed E-state index contributed by atoms with van der Waals surface area (Å²) in [5, 5.41) is 0. The Kier molecular flexibility index (Phi) is 49.8. The highest BCUT2D eigenvalue weighted by Crippen LogP contribution is 2.16. The molecule has 0 aliphatic carbocycles. The summed E-state index contributed by atoms with van der Waals surface area (Å²) in [6.07, 6.45) is 62.4. The Hall–Kier alpha value is -2.63. The lowest BCUT2D eigenvalue weighted by Crippen LogP contribution is -2.30. The molecule has 0 radical (unpaired) electrons. The van der Waals surface area contributed by atoms with Gasteiger partial charge < -0.3 is 14.2 Å². The quantitative estimate of drug-likeness (QED) is 0.0199. The maximum Gasteiger partial charge on any atom is 0.306 e. The second-order valence-corrected chi connectivity index (χ2v) is 18.1. The fraction of sp³-hybridized carbons (Fsp3) is 0.807. The number of hydrogen-bond donors (Lipinski definition) is 0. The number of rotatable bonds is 49. The van der Waals surface area contributed by atoms with Gasteiger partial charge in [0.25, 0.3) is 0 Å². The van der Waals surface area contributed by atoms with E-state index in [-0.39, 0.29) is 31.1 Å². The Morgan fingerprint density at radius 2 is 0.667 bits per heavy atom. The maximum atomic E-state index is 12.8. The van der Waals surface area contributed by atoms with E-state index in [1.54, 1.807) is 0 Å². The van der Waals surface area contributed by atoms with Crippen LogP contribution in [0.25, 0.3) is 0 Å². The van der Waals surface area contributed by atoms with Gasteiger partial charge in [-0.25, -0.2) is 0 Å². The molecule has 0 spiro atoms. The van der Waals surface area contributed by atoms with Crippen LogP contribution >= 0.6 is 0 Å². The van der Waals surface area contributed by atoms with Gasteiger partial charge in [-0.2, -0.15) is 0 Å². The molecule has 0 aliphatic rings. The highest BCUT2D eigenvalue weighted by molar-refractivity contribution is 5.71. The van der Waals surface area contributed by atoms with Gasteiger partial charge in [-0.05, 0) is 70.6 Å². The maximum absolute atomic E-state index is 12.8. The lowest BCUT2D eigenvalue weighted by molar-refractivity contribution is -0.167. The highest BCUT2D eigenvalue weighted by Gasteiger charge is 2.19. The topological polar surface area (TPSA) is 78.9 Å². The van der Waals surface area contributed by atoms with Crippen molar-refractivity contribution in [2.45, 2.75) is 284 Å². The zero-order valence-corrected chi connectivity index (χ0v) is 41.8. The summed E-state index contributed by atoms with van der Waals surface area (Å²) in [4.78, 5) is 38.0. The molecule has 0 aliphatic heterocycles. The van der Waals surface area contributed by atoms with Crippen molar-refractivity contribution in [1.82, 2.24) is 0 Å². The Balaban J connectivity index is 4.38. The summed E-state index contributed by atoms with van der Waals surface area (Å²) in [5.74, 6) is -0.918. The molecule has 0 bridgehead atoms. The van der Waals surface area contributed by atoms with Crippen molar-refractivity contribution in [2.75, 3.05) is 13.2 Å². The van der Waals surface area contributed by atoms with Gasteiger partial charge in [-0.15, -0.1) is 0 Å². The van der Waals surface area contributed by atoms with E-state index in [1.165, 1.54) is 135 Å². The number of carbonyl (C=O) groups excluding carboxylic acids is 3. The molecule has 0 saturated heterocycles. The van der Waals surface area contributed by atoms with Crippen molar-refractivity contribution >= 4 is 17.9 Å². The van der Waals surface area contributed by atoms with Crippen molar-refractivity contribution in [2.24, 2.45) is 0 Å². The first-order valence-corrected chi connectivity index (χ1v) is 27.2. The molecular weight excluding hydrogens is 781 g/mol. The summed E-state index contributed by atoms with van der Waals surface area (Å²) in [5.41, 5.74) is 0. The van der Waals surface area contributed by atoms with Crippen molar-refractivity contribution < 1.29 is 28.6 Å². The van der Waals surface area contributed by atoms with Crippen LogP contribution in [0, 0.1) is 0 Å². The van der Waals surface area contributed by atoms with Gasteiger partial charge in [0.1, 0.15) is 13.2 Å². The molecule has 1 atom stereocenters. The summed E-state index contributed by atoms with van der Waals surface area (Å²) in [7, 11) is 0. The number of hydrogen-bond acceptors (Lipinski definition) is 6. The van der Waals surface area contributed by atoms with Crippen LogP contribution < -0.4 is 0 Å². The van der Waals surface area contributed by atoms with E-state index >= 15 is 0 Å². The van der Waals surface area contributed by atoms with Gasteiger partial charge in [0.15, 0.2) is 6.10 Å². The molecule has 0 saturated carbocycles. The van der Waals surface area contributed by atoms with Crippen LogP contribution in [0.4, 0.5) is 0 Å². The minimum absolute atomic E-state index is 0.0859. The Bertz CT molecular complexity index is 1110. The van der Waals surface area contributed by atoms with Gasteiger partial charge in [0.2, 0.25) is 0 Å². The molecule has 0 aromatic heterocycles. The molecule has 0 fully saturated rings. The number of allylic oxidation sites excluding steroid dienone is 8. The fourth-order valence-electron chi connectivity index (χ4n) is 7.77. The van der Waals surface area contributed by atoms with Crippen LogP contribution in [0.2, 0.25) is 0 Å². The van der Waals surface area contributed by atoms with Gasteiger partial charge in [-0.1, -0.05) is 236 Å². The van der Waals surface area contributed by atoms with Crippen molar-refractivity contribution in [3.05, 3.63) is 48.6 Å². The fourth-order valence-corrected chi connectivity index (χ4v) is 7.77. The zero-order valence-electron chi connectivity index (χ0n) is 41.8. The largest absolute Gasteiger partial charge is 0.462 e. The summed E-state index contributed by atoms with van der Waals surface area (Å²) >= 11 is 0. The minimum atomic E-state index is -0.790. The van der Waals surface area contributed by atoms with Crippen LogP contribution in [0.15, 0.2) is 48.6 Å². The summed E-state index contributed by atoms with van der Waals surface area (Å²) in [6, 6.07) is 0. The molecule has 63 heavy (non-hydrogen) atoms. The predicted octanol–water partition coefficient (Wildman–Crippen LogP) is 17.9. The third-order valence-corrected chi connectivity index (χ3v) is 11.8. The predicted molar refractivity (Wildman–Crippen MR) is 270 cm³/mol. The number of ether oxygens (including phenoxy) is 3. The van der Waals surface area contributed by atoms with Gasteiger partial charge in [0, 0.05) is 19.3 Å². The second kappa shape index (κ2) is 52.0. The molecule has 6 nitrogen and oxygen atoms in total. The van der Waals surface area contributed by atoms with E-state index in [0.717, 1.165) is 103 Å². The smallest absolute Gasteiger partial charge is 0.306 e. The van der Waals surface area contributed by atoms with E-state index in [0.29, 0.717) is 19.3 Å². The minimum Gasteiger partial charge on any atom is -0.462 e. The number of esters is 3. The molecule has 0 heterocycles. The lowest BCUT2D eigenvalue weighted by Gasteiger charge is -2.18. The molecule has 0 N–H and O–H groups in total. The van der Waals surface area contributed by atoms with Gasteiger partial charge in [-0.3, -0.25) is 14.4 Å². The average Bonchev–Trinajstić information content (AvgIpc) is 3.28. The Labute approximate surface area is 390 Å². The average molecular weight is 883 g/mol. The Morgan fingerprint density at radius 1 is 0.349 bits per heavy atom. The van der Waals surface area contributed by atoms with Crippen LogP contribution in [0.3, 0.4) is 0 Å². The van der Waals surface area contributed by atoms with Crippen molar-refractivity contribution in [3.63, 3.8) is 0 Å². The third kappa shape index (κ3) is 50.2. The summed E-state index contributed by atoms with van der Waals surface area (Å²) in [6.45, 7) is 6.51. The molecule has 1 unspecified atom stereocenters. The zero-order chi connectivity index (χ0) is 45.8. The normalized spacial score (nSPS) is 12.4. The van der Waals surface area contributed by atoms with Crippen LogP contribution in [-0.4, -0.2) is 37.2 Å². The third-order valence-electron chi connectivity index (χ3n) is 11.8. The highest BCUT2D eigenvalue weighted by atomic mass is 16.6. The van der Waals surface area contributed by atoms with Gasteiger partial charge in [0.05, 0.1) is 0 Å². The standard InChI is InChI=1S/C57H102O6/c1-4-7-10-13-16-19-22-25-27-29-31-32-35-38-41-44-47-50-56(59)62-53-54(52-61-55(58)49-46-43-40-37-34-24-21-18-15-12-9-6-3)63-57(60)51-48-45-42-39-36-33-30-28-26-23-20-17-14-11-8-5-2/h9,12,18,21,28,30,33,36,54H,4-8,10-11,13-17,19-20,22-27,29,31-32,34-35,37-53H2,1-3H3/b12-9-,21-18-,30-28-,36-33-. The lowest BCUT2D eigenvalue weighted by atomic mass is 10.0. The van der Waals surface area contributed by atoms with E-state index in [4.69, 9.17) is 14.2 Å². The van der Waals surface area contributed by atoms with Crippen LogP contribution in [0.1, 0.15) is 278 Å². The van der Waals surface area contributed by atoms with E-state index in [1.807, 2.05) is 0 Å². The van der Waals surface area contributed by atoms with Gasteiger partial charge >= 0.3 is 17.9 Å². The molecule has 0 amide bonds. The summed E-state index contributed by atoms with van der Waals surface area (Å²) < 4.78 is 16.8. The molecule has 0 rings (SSSR count). The molecule has 366 valence electrons. The van der Waals surface area contributed by atoms with E-state index in [2.05, 4.69) is 69.4 Å². The van der Waals surface area contributed by atoms with Crippen molar-refractivity contribution in [1.29, 1.82) is 0 Å². The SMILES string of the molecule is CC/C=C\C/C=C\CCCCCCCC(=O)OCC(COC(=O)CCCCCCCCCCCCCCCCCCC)OC(=O)CCCCC/C=C\C=C/CCCCCCCCC. The van der Waals surface area contributed by atoms with Crippen LogP contribution in [0.5, 0.6) is 0 Å². The number of unbranched alkanes of at least 4 members (excludes halogenated alkanes) is 31. The molecule has 0 aromatic rings. The van der Waals surface area contributed by atoms with Crippen LogP contribution in [-0.2, 0) is 28.6 Å². The van der Waals surface area contributed by atoms with E-state index < -0.39 is 6.10 Å². The first-order valence-electron chi connectivity index (χ1n) is 27.2. The first-order chi connectivity index (χ1) is 31.0. The second-order valence-electron chi connectivity index (χ2n) is 18.1. The molecular formula is C57H102O6. The number of carbonyl (C=O) groups is 3. The molecule has 0 aromatic carbocycles. The first kappa shape index (κ1) is 60.4. The van der Waals surface area contributed by atoms with E-state index in [9.17, 15) is 14.4 Å².